The molecule has 0 unspecified atom stereocenters. The lowest BCUT2D eigenvalue weighted by atomic mass is 9.48. The zero-order chi connectivity index (χ0) is 24.9. The Balaban J connectivity index is 1.70. The molecule has 1 N–H and O–H groups in total. The number of carbonyl (C=O) groups excluding carboxylic acids is 1. The lowest BCUT2D eigenvalue weighted by molar-refractivity contribution is 0.114. The highest BCUT2D eigenvalue weighted by Crippen LogP contribution is 2.23. The van der Waals surface area contributed by atoms with Crippen LogP contribution in [0.3, 0.4) is 0 Å². The molecule has 0 aliphatic carbocycles. The number of hydrogen-bond acceptors (Lipinski definition) is 3. The summed E-state index contributed by atoms with van der Waals surface area (Å²) in [5, 5.41) is 3.05. The van der Waals surface area contributed by atoms with E-state index in [0.29, 0.717) is 12.1 Å². The molecular weight excluding hydrogens is 433 g/mol. The smallest absolute Gasteiger partial charge is 0.318 e. The summed E-state index contributed by atoms with van der Waals surface area (Å²) in [5.41, 5.74) is 1.25. The van der Waals surface area contributed by atoms with Crippen LogP contribution in [-0.2, 0) is 13.1 Å². The number of urea groups is 1. The fourth-order valence-corrected chi connectivity index (χ4v) is 4.29. The van der Waals surface area contributed by atoms with Crippen molar-refractivity contribution in [3.8, 4) is 5.75 Å². The number of halogens is 2. The monoisotopic (exact) mass is 467 g/mol. The average molecular weight is 467 g/mol. The summed E-state index contributed by atoms with van der Waals surface area (Å²) in [6.07, 6.45) is 1.69. The highest BCUT2D eigenvalue weighted by molar-refractivity contribution is 6.59. The maximum Gasteiger partial charge on any atom is 0.318 e. The molecule has 1 aliphatic heterocycles. The highest BCUT2D eigenvalue weighted by Gasteiger charge is 2.32. The summed E-state index contributed by atoms with van der Waals surface area (Å²) in [4.78, 5) is 17.4. The largest absolute Gasteiger partial charge is 0.491 e. The van der Waals surface area contributed by atoms with E-state index in [1.54, 1.807) is 4.90 Å². The first-order valence-electron chi connectivity index (χ1n) is 12.0. The number of ether oxygens (including phenoxy) is 1. The maximum absolute atomic E-state index is 14.4. The van der Waals surface area contributed by atoms with Gasteiger partial charge in [0.05, 0.1) is 12.6 Å². The van der Waals surface area contributed by atoms with E-state index in [1.165, 1.54) is 12.1 Å². The van der Waals surface area contributed by atoms with Crippen molar-refractivity contribution in [2.45, 2.75) is 57.2 Å². The Hall–Kier alpha value is -2.48. The van der Waals surface area contributed by atoms with Gasteiger partial charge in [-0.2, -0.15) is 0 Å². The lowest BCUT2D eigenvalue weighted by Crippen LogP contribution is -2.57. The van der Waals surface area contributed by atoms with Gasteiger partial charge in [0.15, 0.2) is 0 Å². The molecule has 0 atom stereocenters. The zero-order valence-corrected chi connectivity index (χ0v) is 20.9. The van der Waals surface area contributed by atoms with E-state index in [9.17, 15) is 13.6 Å². The number of rotatable bonds is 8. The second-order valence-electron chi connectivity index (χ2n) is 10.2. The van der Waals surface area contributed by atoms with Crippen molar-refractivity contribution in [2.24, 2.45) is 0 Å². The fraction of sp³-hybridized carbons (Fsp3) is 0.458. The summed E-state index contributed by atoms with van der Waals surface area (Å²) in [6, 6.07) is 10.9. The number of nitrogens with one attached hydrogen (secondary N) is 1. The molecule has 0 saturated carbocycles. The topological polar surface area (TPSA) is 44.8 Å². The van der Waals surface area contributed by atoms with Gasteiger partial charge in [-0.15, -0.1) is 0 Å². The molecule has 5 nitrogen and oxygen atoms in total. The van der Waals surface area contributed by atoms with Crippen LogP contribution < -0.4 is 10.1 Å². The van der Waals surface area contributed by atoms with Gasteiger partial charge in [-0.3, -0.25) is 0 Å². The van der Waals surface area contributed by atoms with Gasteiger partial charge in [0.2, 0.25) is 0 Å². The van der Waals surface area contributed by atoms with Gasteiger partial charge >= 0.3 is 6.03 Å². The van der Waals surface area contributed by atoms with Crippen LogP contribution in [0.5, 0.6) is 5.75 Å². The van der Waals surface area contributed by atoms with Crippen molar-refractivity contribution in [3.63, 3.8) is 0 Å². The molecule has 180 valence electrons. The minimum Gasteiger partial charge on any atom is -0.491 e. The highest BCUT2D eigenvalue weighted by atomic mass is 19.1. The van der Waals surface area contributed by atoms with Gasteiger partial charge in [0.25, 0.3) is 0 Å². The Morgan fingerprint density at radius 2 is 1.79 bits per heavy atom. The minimum absolute atomic E-state index is 0.0233. The molecule has 0 aromatic heterocycles. The molecule has 2 amide bonds. The van der Waals surface area contributed by atoms with Crippen LogP contribution in [0.15, 0.2) is 42.5 Å². The Bertz CT molecular complexity index is 963. The number of likely N-dealkylation sites (tertiary alicyclic amines) is 1. The normalized spacial score (nSPS) is 15.3. The van der Waals surface area contributed by atoms with Gasteiger partial charge in [0.1, 0.15) is 40.9 Å². The summed E-state index contributed by atoms with van der Waals surface area (Å²) in [5.74, 6) is -0.476. The van der Waals surface area contributed by atoms with Crippen LogP contribution in [0.25, 0.3) is 0 Å². The summed E-state index contributed by atoms with van der Waals surface area (Å²) in [7, 11) is 6.55. The molecule has 1 heterocycles. The fourth-order valence-electron chi connectivity index (χ4n) is 4.29. The zero-order valence-electron chi connectivity index (χ0n) is 20.9. The Kier molecular flexibility index (Phi) is 8.69. The van der Waals surface area contributed by atoms with Gasteiger partial charge in [0, 0.05) is 24.2 Å². The van der Waals surface area contributed by atoms with E-state index in [0.717, 1.165) is 43.3 Å². The van der Waals surface area contributed by atoms with E-state index in [-0.39, 0.29) is 30.0 Å². The SMILES string of the molecule is BC(B)(B)N1CCC(N(Cc2ccc(F)cc2F)C(=O)NCc2ccc(OC(C)C)cc2)CC1. The maximum atomic E-state index is 14.4. The van der Waals surface area contributed by atoms with E-state index < -0.39 is 11.6 Å². The van der Waals surface area contributed by atoms with E-state index in [1.807, 2.05) is 38.1 Å². The first kappa shape index (κ1) is 26.1. The van der Waals surface area contributed by atoms with Crippen molar-refractivity contribution in [3.05, 3.63) is 65.2 Å². The summed E-state index contributed by atoms with van der Waals surface area (Å²) < 4.78 is 33.5. The summed E-state index contributed by atoms with van der Waals surface area (Å²) >= 11 is 0. The van der Waals surface area contributed by atoms with E-state index >= 15 is 0 Å². The standard InChI is InChI=1S/C24H34B3F2N3O2/c1-16(2)34-21-7-3-17(4-8-21)14-30-23(33)32(15-18-5-6-19(28)13-22(18)29)20-9-11-31(12-10-20)24(25,26)27/h3-8,13,16,20H,9-12,14-15,25-27H2,1-2H3,(H,30,33). The van der Waals surface area contributed by atoms with E-state index in [4.69, 9.17) is 4.74 Å². The first-order valence-corrected chi connectivity index (χ1v) is 12.0. The van der Waals surface area contributed by atoms with Crippen LogP contribution in [0.4, 0.5) is 13.6 Å². The molecule has 1 aliphatic rings. The minimum atomic E-state index is -0.634. The van der Waals surface area contributed by atoms with Crippen molar-refractivity contribution in [1.29, 1.82) is 0 Å². The van der Waals surface area contributed by atoms with Gasteiger partial charge in [-0.1, -0.05) is 23.4 Å². The number of piperidine rings is 1. The van der Waals surface area contributed by atoms with Crippen LogP contribution in [0.2, 0.25) is 0 Å². The predicted octanol–water partition coefficient (Wildman–Crippen LogP) is 1.44. The van der Waals surface area contributed by atoms with Gasteiger partial charge < -0.3 is 19.9 Å². The Morgan fingerprint density at radius 3 is 2.35 bits per heavy atom. The lowest BCUT2D eigenvalue weighted by Gasteiger charge is -2.44. The van der Waals surface area contributed by atoms with Crippen molar-refractivity contribution in [2.75, 3.05) is 13.1 Å². The molecule has 2 aromatic rings. The average Bonchev–Trinajstić information content (AvgIpc) is 2.77. The molecule has 2 aromatic carbocycles. The molecule has 1 fully saturated rings. The number of carbonyl (C=O) groups is 1. The quantitative estimate of drug-likeness (QED) is 0.599. The number of amides is 2. The molecule has 10 heteroatoms. The number of nitrogens with zero attached hydrogens (tertiary/aromatic N) is 2. The second-order valence-corrected chi connectivity index (χ2v) is 10.2. The Morgan fingerprint density at radius 1 is 1.15 bits per heavy atom. The Labute approximate surface area is 204 Å². The van der Waals surface area contributed by atoms with Gasteiger partial charge in [-0.25, -0.2) is 13.6 Å². The third-order valence-electron chi connectivity index (χ3n) is 6.21. The van der Waals surface area contributed by atoms with Crippen LogP contribution in [-0.4, -0.2) is 69.8 Å². The number of hydrogen-bond donors (Lipinski definition) is 1. The van der Waals surface area contributed by atoms with Crippen molar-refractivity contribution >= 4 is 29.6 Å². The third kappa shape index (κ3) is 7.26. The molecular formula is C24H34B3F2N3O2. The van der Waals surface area contributed by atoms with E-state index in [2.05, 4.69) is 33.8 Å². The first-order chi connectivity index (χ1) is 16.0. The summed E-state index contributed by atoms with van der Waals surface area (Å²) in [6.45, 7) is 6.11. The van der Waals surface area contributed by atoms with Crippen LogP contribution in [0.1, 0.15) is 37.8 Å². The number of benzene rings is 2. The molecule has 3 rings (SSSR count). The van der Waals surface area contributed by atoms with Gasteiger partial charge in [-0.05, 0) is 63.5 Å². The molecule has 34 heavy (non-hydrogen) atoms. The van der Waals surface area contributed by atoms with Crippen LogP contribution >= 0.6 is 0 Å². The van der Waals surface area contributed by atoms with Crippen molar-refractivity contribution in [1.82, 2.24) is 15.1 Å². The third-order valence-corrected chi connectivity index (χ3v) is 6.21. The van der Waals surface area contributed by atoms with Crippen LogP contribution in [0, 0.1) is 11.6 Å². The van der Waals surface area contributed by atoms with Crippen molar-refractivity contribution < 1.29 is 18.3 Å². The molecule has 1 saturated heterocycles. The predicted molar refractivity (Wildman–Crippen MR) is 139 cm³/mol. The molecule has 0 bridgehead atoms. The molecule has 0 radical (unpaired) electrons. The second kappa shape index (κ2) is 11.3. The molecule has 0 spiro atoms.